The summed E-state index contributed by atoms with van der Waals surface area (Å²) in [6, 6.07) is 10.6. The predicted molar refractivity (Wildman–Crippen MR) is 62.6 cm³/mol. The van der Waals surface area contributed by atoms with E-state index >= 15 is 0 Å². The highest BCUT2D eigenvalue weighted by molar-refractivity contribution is 5.14. The zero-order chi connectivity index (χ0) is 10.5. The van der Waals surface area contributed by atoms with Gasteiger partial charge in [0.2, 0.25) is 0 Å². The van der Waals surface area contributed by atoms with Crippen molar-refractivity contribution in [1.29, 1.82) is 0 Å². The molecule has 1 aromatic carbocycles. The Bertz CT molecular complexity index is 315. The van der Waals surface area contributed by atoms with E-state index < -0.39 is 0 Å². The zero-order valence-corrected chi connectivity index (χ0v) is 8.97. The fourth-order valence-corrected chi connectivity index (χ4v) is 2.18. The van der Waals surface area contributed by atoms with Crippen LogP contribution in [0.25, 0.3) is 0 Å². The van der Waals surface area contributed by atoms with Crippen LogP contribution in [0.1, 0.15) is 24.8 Å². The third kappa shape index (κ3) is 3.21. The summed E-state index contributed by atoms with van der Waals surface area (Å²) in [5.74, 6) is 0.601. The van der Waals surface area contributed by atoms with E-state index in [9.17, 15) is 5.11 Å². The molecule has 80 valence electrons. The summed E-state index contributed by atoms with van der Waals surface area (Å²) in [6.07, 6.45) is 8.39. The minimum absolute atomic E-state index is 0.188. The molecule has 1 aromatic rings. The van der Waals surface area contributed by atoms with Crippen LogP contribution in [0.2, 0.25) is 0 Å². The molecule has 1 N–H and O–H groups in total. The van der Waals surface area contributed by atoms with Crippen LogP contribution in [0.4, 0.5) is 0 Å². The van der Waals surface area contributed by atoms with Gasteiger partial charge in [0.1, 0.15) is 0 Å². The summed E-state index contributed by atoms with van der Waals surface area (Å²) in [7, 11) is 0. The fourth-order valence-electron chi connectivity index (χ4n) is 2.18. The molecular formula is C14H18O. The molecule has 0 fully saturated rings. The van der Waals surface area contributed by atoms with Gasteiger partial charge in [-0.2, -0.15) is 0 Å². The number of allylic oxidation sites excluding steroid dienone is 1. The SMILES string of the molecule is O[C@H]1C=C[C@H](CCCc2ccccc2)C1. The first kappa shape index (κ1) is 10.4. The van der Waals surface area contributed by atoms with E-state index in [1.54, 1.807) is 0 Å². The zero-order valence-electron chi connectivity index (χ0n) is 8.97. The third-order valence-electron chi connectivity index (χ3n) is 3.03. The number of rotatable bonds is 4. The van der Waals surface area contributed by atoms with Crippen molar-refractivity contribution in [2.24, 2.45) is 5.92 Å². The van der Waals surface area contributed by atoms with Crippen LogP contribution in [0.3, 0.4) is 0 Å². The van der Waals surface area contributed by atoms with Gasteiger partial charge in [0.05, 0.1) is 6.10 Å². The van der Waals surface area contributed by atoms with Gasteiger partial charge in [0, 0.05) is 0 Å². The van der Waals surface area contributed by atoms with Gasteiger partial charge in [-0.15, -0.1) is 0 Å². The maximum Gasteiger partial charge on any atom is 0.0726 e. The Morgan fingerprint density at radius 1 is 1.13 bits per heavy atom. The normalized spacial score (nSPS) is 24.6. The van der Waals surface area contributed by atoms with Gasteiger partial charge in [-0.25, -0.2) is 0 Å². The number of hydrogen-bond acceptors (Lipinski definition) is 1. The molecule has 0 heterocycles. The molecule has 0 saturated heterocycles. The second-order valence-corrected chi connectivity index (χ2v) is 4.33. The highest BCUT2D eigenvalue weighted by atomic mass is 16.3. The van der Waals surface area contributed by atoms with Gasteiger partial charge in [-0.05, 0) is 37.2 Å². The van der Waals surface area contributed by atoms with Gasteiger partial charge < -0.3 is 5.11 Å². The Kier molecular flexibility index (Phi) is 3.57. The van der Waals surface area contributed by atoms with E-state index in [4.69, 9.17) is 0 Å². The Balaban J connectivity index is 1.70. The van der Waals surface area contributed by atoms with Crippen molar-refractivity contribution in [3.05, 3.63) is 48.0 Å². The first-order chi connectivity index (χ1) is 7.34. The Hall–Kier alpha value is -1.08. The van der Waals surface area contributed by atoms with Crippen molar-refractivity contribution in [2.45, 2.75) is 31.8 Å². The Morgan fingerprint density at radius 3 is 2.60 bits per heavy atom. The molecule has 0 spiro atoms. The third-order valence-corrected chi connectivity index (χ3v) is 3.03. The molecule has 0 amide bonds. The summed E-state index contributed by atoms with van der Waals surface area (Å²) in [6.45, 7) is 0. The quantitative estimate of drug-likeness (QED) is 0.744. The van der Waals surface area contributed by atoms with Crippen LogP contribution in [0, 0.1) is 5.92 Å². The molecule has 0 aliphatic heterocycles. The summed E-state index contributed by atoms with van der Waals surface area (Å²) in [4.78, 5) is 0. The molecule has 0 unspecified atom stereocenters. The number of aliphatic hydroxyl groups is 1. The lowest BCUT2D eigenvalue weighted by atomic mass is 9.99. The maximum atomic E-state index is 9.33. The van der Waals surface area contributed by atoms with Crippen LogP contribution in [-0.2, 0) is 6.42 Å². The van der Waals surface area contributed by atoms with Crippen LogP contribution in [-0.4, -0.2) is 11.2 Å². The van der Waals surface area contributed by atoms with Crippen molar-refractivity contribution < 1.29 is 5.11 Å². The van der Waals surface area contributed by atoms with E-state index in [0.29, 0.717) is 5.92 Å². The molecule has 0 radical (unpaired) electrons. The van der Waals surface area contributed by atoms with E-state index in [2.05, 4.69) is 36.4 Å². The lowest BCUT2D eigenvalue weighted by Crippen LogP contribution is -2.02. The highest BCUT2D eigenvalue weighted by Crippen LogP contribution is 2.23. The van der Waals surface area contributed by atoms with Gasteiger partial charge >= 0.3 is 0 Å². The number of aryl methyl sites for hydroxylation is 1. The minimum atomic E-state index is -0.188. The largest absolute Gasteiger partial charge is 0.389 e. The average Bonchev–Trinajstić information content (AvgIpc) is 2.66. The highest BCUT2D eigenvalue weighted by Gasteiger charge is 2.15. The van der Waals surface area contributed by atoms with Crippen LogP contribution in [0.15, 0.2) is 42.5 Å². The van der Waals surface area contributed by atoms with Gasteiger partial charge in [0.15, 0.2) is 0 Å². The van der Waals surface area contributed by atoms with E-state index in [0.717, 1.165) is 12.8 Å². The first-order valence-corrected chi connectivity index (χ1v) is 5.75. The van der Waals surface area contributed by atoms with E-state index in [1.165, 1.54) is 18.4 Å². The first-order valence-electron chi connectivity index (χ1n) is 5.75. The Morgan fingerprint density at radius 2 is 1.93 bits per heavy atom. The molecular weight excluding hydrogens is 184 g/mol. The summed E-state index contributed by atoms with van der Waals surface area (Å²) in [5.41, 5.74) is 1.42. The van der Waals surface area contributed by atoms with Crippen LogP contribution >= 0.6 is 0 Å². The minimum Gasteiger partial charge on any atom is -0.389 e. The molecule has 1 aliphatic carbocycles. The molecule has 1 aliphatic rings. The topological polar surface area (TPSA) is 20.2 Å². The van der Waals surface area contributed by atoms with Gasteiger partial charge in [0.25, 0.3) is 0 Å². The van der Waals surface area contributed by atoms with Crippen molar-refractivity contribution >= 4 is 0 Å². The monoisotopic (exact) mass is 202 g/mol. The second kappa shape index (κ2) is 5.13. The number of benzene rings is 1. The molecule has 15 heavy (non-hydrogen) atoms. The second-order valence-electron chi connectivity index (χ2n) is 4.33. The van der Waals surface area contributed by atoms with Crippen molar-refractivity contribution in [1.82, 2.24) is 0 Å². The standard InChI is InChI=1S/C14H18O/c15-14-10-9-13(11-14)8-4-7-12-5-2-1-3-6-12/h1-3,5-6,9-10,13-15H,4,7-8,11H2/t13-,14-/m0/s1. The Labute approximate surface area is 91.4 Å². The van der Waals surface area contributed by atoms with E-state index in [-0.39, 0.29) is 6.10 Å². The van der Waals surface area contributed by atoms with Gasteiger partial charge in [-0.1, -0.05) is 42.5 Å². The molecule has 0 bridgehead atoms. The van der Waals surface area contributed by atoms with Crippen molar-refractivity contribution in [2.75, 3.05) is 0 Å². The number of hydrogen-bond donors (Lipinski definition) is 1. The molecule has 0 saturated carbocycles. The maximum absolute atomic E-state index is 9.33. The molecule has 2 rings (SSSR count). The summed E-state index contributed by atoms with van der Waals surface area (Å²) >= 11 is 0. The van der Waals surface area contributed by atoms with Crippen molar-refractivity contribution in [3.8, 4) is 0 Å². The van der Waals surface area contributed by atoms with Crippen molar-refractivity contribution in [3.63, 3.8) is 0 Å². The summed E-state index contributed by atoms with van der Waals surface area (Å²) in [5, 5.41) is 9.33. The molecule has 2 atom stereocenters. The lowest BCUT2D eigenvalue weighted by Gasteiger charge is -2.08. The van der Waals surface area contributed by atoms with E-state index in [1.807, 2.05) is 6.08 Å². The molecule has 0 aromatic heterocycles. The fraction of sp³-hybridized carbons (Fsp3) is 0.429. The lowest BCUT2D eigenvalue weighted by molar-refractivity contribution is 0.208. The van der Waals surface area contributed by atoms with Crippen LogP contribution < -0.4 is 0 Å². The molecule has 1 nitrogen and oxygen atoms in total. The average molecular weight is 202 g/mol. The van der Waals surface area contributed by atoms with Gasteiger partial charge in [-0.3, -0.25) is 0 Å². The molecule has 1 heteroatoms. The number of aliphatic hydroxyl groups excluding tert-OH is 1. The summed E-state index contributed by atoms with van der Waals surface area (Å²) < 4.78 is 0. The smallest absolute Gasteiger partial charge is 0.0726 e. The van der Waals surface area contributed by atoms with Crippen LogP contribution in [0.5, 0.6) is 0 Å². The predicted octanol–water partition coefficient (Wildman–Crippen LogP) is 2.95.